The number of hydrogen-bond donors (Lipinski definition) is 1. The van der Waals surface area contributed by atoms with Crippen molar-refractivity contribution in [2.75, 3.05) is 11.9 Å². The van der Waals surface area contributed by atoms with Gasteiger partial charge in [0.05, 0.1) is 6.04 Å². The van der Waals surface area contributed by atoms with E-state index in [1.54, 1.807) is 6.20 Å². The first-order valence-electron chi connectivity index (χ1n) is 7.69. The molecule has 1 aliphatic rings. The van der Waals surface area contributed by atoms with Crippen LogP contribution in [0.15, 0.2) is 54.7 Å². The number of nitrogens with zero attached hydrogens (tertiary/aromatic N) is 4. The van der Waals surface area contributed by atoms with Crippen molar-refractivity contribution < 1.29 is 4.79 Å². The molecule has 120 valence electrons. The molecule has 0 unspecified atom stereocenters. The van der Waals surface area contributed by atoms with Gasteiger partial charge in [-0.25, -0.2) is 4.79 Å². The summed E-state index contributed by atoms with van der Waals surface area (Å²) >= 11 is 1.32. The lowest BCUT2D eigenvalue weighted by molar-refractivity contribution is 0.126. The highest BCUT2D eigenvalue weighted by Gasteiger charge is 2.33. The van der Waals surface area contributed by atoms with E-state index in [0.29, 0.717) is 10.1 Å². The van der Waals surface area contributed by atoms with E-state index in [1.165, 1.54) is 11.3 Å². The van der Waals surface area contributed by atoms with Gasteiger partial charge in [-0.05, 0) is 24.1 Å². The van der Waals surface area contributed by atoms with Crippen molar-refractivity contribution in [3.05, 3.63) is 60.3 Å². The molecule has 1 atom stereocenters. The van der Waals surface area contributed by atoms with Crippen LogP contribution in [-0.4, -0.2) is 32.7 Å². The molecule has 0 spiro atoms. The molecule has 6 nitrogen and oxygen atoms in total. The smallest absolute Gasteiger partial charge is 0.317 e. The van der Waals surface area contributed by atoms with Gasteiger partial charge in [-0.3, -0.25) is 10.3 Å². The van der Waals surface area contributed by atoms with Crippen LogP contribution in [0.5, 0.6) is 0 Å². The molecule has 7 heteroatoms. The lowest BCUT2D eigenvalue weighted by Gasteiger charge is -2.40. The summed E-state index contributed by atoms with van der Waals surface area (Å²) in [4.78, 5) is 18.5. The predicted molar refractivity (Wildman–Crippen MR) is 92.7 cm³/mol. The minimum absolute atomic E-state index is 0.134. The Hall–Kier alpha value is -2.80. The van der Waals surface area contributed by atoms with Crippen LogP contribution in [0.4, 0.5) is 9.93 Å². The second kappa shape index (κ2) is 6.37. The van der Waals surface area contributed by atoms with Crippen LogP contribution in [0.25, 0.3) is 10.7 Å². The lowest BCUT2D eigenvalue weighted by Crippen LogP contribution is -2.47. The molecule has 0 saturated carbocycles. The van der Waals surface area contributed by atoms with Gasteiger partial charge in [0.25, 0.3) is 0 Å². The summed E-state index contributed by atoms with van der Waals surface area (Å²) < 4.78 is 0. The van der Waals surface area contributed by atoms with Crippen molar-refractivity contribution in [3.63, 3.8) is 0 Å². The second-order valence-electron chi connectivity index (χ2n) is 5.47. The Morgan fingerprint density at radius 1 is 1.12 bits per heavy atom. The van der Waals surface area contributed by atoms with Gasteiger partial charge in [-0.15, -0.1) is 10.2 Å². The van der Waals surface area contributed by atoms with Gasteiger partial charge in [0.15, 0.2) is 5.01 Å². The summed E-state index contributed by atoms with van der Waals surface area (Å²) in [6.45, 7) is 0.747. The molecule has 0 aliphatic carbocycles. The highest BCUT2D eigenvalue weighted by atomic mass is 32.1. The largest absolute Gasteiger partial charge is 0.324 e. The summed E-state index contributed by atoms with van der Waals surface area (Å²) in [5.74, 6) is 0. The van der Waals surface area contributed by atoms with E-state index in [2.05, 4.69) is 20.5 Å². The molecule has 2 amide bonds. The number of nitrogens with one attached hydrogen (secondary N) is 1. The zero-order valence-corrected chi connectivity index (χ0v) is 13.6. The minimum atomic E-state index is -0.140. The molecule has 24 heavy (non-hydrogen) atoms. The Kier molecular flexibility index (Phi) is 3.92. The standard InChI is InChI=1S/C17H15N5OS/c23-17(22-11-9-14(22)12-6-2-1-3-7-12)19-16-21-20-15(24-16)13-8-4-5-10-18-13/h1-8,10,14H,9,11H2,(H,19,21,23)/t14-/m0/s1. The Morgan fingerprint density at radius 3 is 2.67 bits per heavy atom. The first-order chi connectivity index (χ1) is 11.8. The molecule has 0 radical (unpaired) electrons. The van der Waals surface area contributed by atoms with Crippen molar-refractivity contribution in [2.45, 2.75) is 12.5 Å². The maximum Gasteiger partial charge on any atom is 0.324 e. The molecule has 3 heterocycles. The maximum absolute atomic E-state index is 12.5. The van der Waals surface area contributed by atoms with Crippen LogP contribution in [0, 0.1) is 0 Å². The van der Waals surface area contributed by atoms with Crippen molar-refractivity contribution in [1.29, 1.82) is 0 Å². The number of anilines is 1. The monoisotopic (exact) mass is 337 g/mol. The van der Waals surface area contributed by atoms with E-state index in [0.717, 1.165) is 24.2 Å². The van der Waals surface area contributed by atoms with Crippen molar-refractivity contribution >= 4 is 22.5 Å². The third-order valence-corrected chi connectivity index (χ3v) is 4.85. The molecule has 1 aliphatic heterocycles. The van der Waals surface area contributed by atoms with Gasteiger partial charge in [-0.1, -0.05) is 47.7 Å². The Balaban J connectivity index is 1.44. The van der Waals surface area contributed by atoms with Crippen LogP contribution in [0.2, 0.25) is 0 Å². The summed E-state index contributed by atoms with van der Waals surface area (Å²) in [7, 11) is 0. The van der Waals surface area contributed by atoms with Crippen LogP contribution in [0.3, 0.4) is 0 Å². The van der Waals surface area contributed by atoms with Crippen molar-refractivity contribution in [3.8, 4) is 10.7 Å². The number of benzene rings is 1. The molecule has 4 rings (SSSR count). The zero-order valence-electron chi connectivity index (χ0n) is 12.8. The quantitative estimate of drug-likeness (QED) is 0.793. The summed E-state index contributed by atoms with van der Waals surface area (Å²) in [6.07, 6.45) is 2.69. The SMILES string of the molecule is O=C(Nc1nnc(-c2ccccn2)s1)N1CC[C@H]1c1ccccc1. The van der Waals surface area contributed by atoms with Crippen LogP contribution < -0.4 is 5.32 Å². The number of carbonyl (C=O) groups is 1. The summed E-state index contributed by atoms with van der Waals surface area (Å²) in [5, 5.41) is 12.1. The van der Waals surface area contributed by atoms with Crippen LogP contribution in [0.1, 0.15) is 18.0 Å². The molecular weight excluding hydrogens is 322 g/mol. The fourth-order valence-corrected chi connectivity index (χ4v) is 3.39. The number of amides is 2. The Morgan fingerprint density at radius 2 is 1.96 bits per heavy atom. The molecule has 2 aromatic heterocycles. The molecule has 1 N–H and O–H groups in total. The third kappa shape index (κ3) is 2.85. The summed E-state index contributed by atoms with van der Waals surface area (Å²) in [5.41, 5.74) is 1.91. The van der Waals surface area contributed by atoms with E-state index in [9.17, 15) is 4.79 Å². The number of urea groups is 1. The Bertz CT molecular complexity index is 836. The van der Waals surface area contributed by atoms with E-state index >= 15 is 0 Å². The lowest BCUT2D eigenvalue weighted by atomic mass is 9.95. The second-order valence-corrected chi connectivity index (χ2v) is 6.44. The molecular formula is C17H15N5OS. The average molecular weight is 337 g/mol. The van der Waals surface area contributed by atoms with E-state index < -0.39 is 0 Å². The van der Waals surface area contributed by atoms with Gasteiger partial charge < -0.3 is 4.90 Å². The topological polar surface area (TPSA) is 71.0 Å². The molecule has 1 saturated heterocycles. The van der Waals surface area contributed by atoms with E-state index in [4.69, 9.17) is 0 Å². The van der Waals surface area contributed by atoms with Crippen molar-refractivity contribution in [2.24, 2.45) is 0 Å². The molecule has 0 bridgehead atoms. The summed E-state index contributed by atoms with van der Waals surface area (Å²) in [6, 6.07) is 15.7. The molecule has 3 aromatic rings. The van der Waals surface area contributed by atoms with Gasteiger partial charge in [0, 0.05) is 12.7 Å². The number of likely N-dealkylation sites (tertiary alicyclic amines) is 1. The molecule has 1 fully saturated rings. The number of pyridine rings is 1. The van der Waals surface area contributed by atoms with Gasteiger partial charge >= 0.3 is 6.03 Å². The van der Waals surface area contributed by atoms with Crippen molar-refractivity contribution in [1.82, 2.24) is 20.1 Å². The van der Waals surface area contributed by atoms with Gasteiger partial charge in [0.2, 0.25) is 5.13 Å². The van der Waals surface area contributed by atoms with E-state index in [-0.39, 0.29) is 12.1 Å². The highest BCUT2D eigenvalue weighted by Crippen LogP contribution is 2.34. The van der Waals surface area contributed by atoms with Crippen LogP contribution >= 0.6 is 11.3 Å². The normalized spacial score (nSPS) is 16.5. The highest BCUT2D eigenvalue weighted by molar-refractivity contribution is 7.18. The first-order valence-corrected chi connectivity index (χ1v) is 8.50. The number of carbonyl (C=O) groups excluding carboxylic acids is 1. The fourth-order valence-electron chi connectivity index (χ4n) is 2.68. The number of hydrogen-bond acceptors (Lipinski definition) is 5. The molecule has 1 aromatic carbocycles. The average Bonchev–Trinajstić information content (AvgIpc) is 3.04. The van der Waals surface area contributed by atoms with Gasteiger partial charge in [-0.2, -0.15) is 0 Å². The minimum Gasteiger partial charge on any atom is -0.317 e. The van der Waals surface area contributed by atoms with Gasteiger partial charge in [0.1, 0.15) is 5.69 Å². The zero-order chi connectivity index (χ0) is 16.4. The van der Waals surface area contributed by atoms with E-state index in [1.807, 2.05) is 53.4 Å². The number of aromatic nitrogens is 3. The first kappa shape index (κ1) is 14.8. The van der Waals surface area contributed by atoms with Crippen LogP contribution in [-0.2, 0) is 0 Å². The number of rotatable bonds is 3. The fraction of sp³-hybridized carbons (Fsp3) is 0.176. The predicted octanol–water partition coefficient (Wildman–Crippen LogP) is 3.58. The Labute approximate surface area is 143 Å². The maximum atomic E-state index is 12.5. The third-order valence-electron chi connectivity index (χ3n) is 3.99.